The Morgan fingerprint density at radius 2 is 1.83 bits per heavy atom. The molecule has 0 atom stereocenters. The summed E-state index contributed by atoms with van der Waals surface area (Å²) in [7, 11) is 0. The van der Waals surface area contributed by atoms with Gasteiger partial charge in [-0.05, 0) is 72.5 Å². The molecule has 1 amide bonds. The van der Waals surface area contributed by atoms with E-state index in [1.54, 1.807) is 60.3 Å². The highest BCUT2D eigenvalue weighted by atomic mass is 32.2. The molecule has 30 heavy (non-hydrogen) atoms. The molecule has 0 unspecified atom stereocenters. The lowest BCUT2D eigenvalue weighted by Crippen LogP contribution is -2.07. The third-order valence-corrected chi connectivity index (χ3v) is 5.35. The van der Waals surface area contributed by atoms with E-state index in [9.17, 15) is 10.0 Å². The lowest BCUT2D eigenvalue weighted by atomic mass is 10.2. The Labute approximate surface area is 178 Å². The lowest BCUT2D eigenvalue weighted by Gasteiger charge is -2.05. The number of amides is 1. The number of aromatic nitrogens is 2. The Kier molecular flexibility index (Phi) is 5.45. The molecule has 0 aliphatic carbocycles. The van der Waals surface area contributed by atoms with Crippen molar-refractivity contribution in [1.82, 2.24) is 9.71 Å². The van der Waals surface area contributed by atoms with Gasteiger partial charge in [0, 0.05) is 27.9 Å². The first-order valence-corrected chi connectivity index (χ1v) is 10.5. The monoisotopic (exact) mass is 416 g/mol. The van der Waals surface area contributed by atoms with Crippen molar-refractivity contribution in [2.75, 3.05) is 17.3 Å². The van der Waals surface area contributed by atoms with Crippen LogP contribution in [0.15, 0.2) is 77.7 Å². The molecule has 1 heterocycles. The molecule has 7 heteroatoms. The highest BCUT2D eigenvalue weighted by molar-refractivity contribution is 7.98. The summed E-state index contributed by atoms with van der Waals surface area (Å²) in [5.41, 5.74) is 9.85. The fourth-order valence-electron chi connectivity index (χ4n) is 3.04. The highest BCUT2D eigenvalue weighted by Crippen LogP contribution is 2.26. The molecule has 0 radical (unpaired) electrons. The van der Waals surface area contributed by atoms with Gasteiger partial charge in [-0.1, -0.05) is 12.1 Å². The SMILES string of the molecule is CSc1ccc(/C=C/C(=O)Nc2ccc(-c3nc4ccc(N)cc4n3O)cc2)cc1. The number of hydrogen-bond donors (Lipinski definition) is 3. The zero-order valence-electron chi connectivity index (χ0n) is 16.2. The van der Waals surface area contributed by atoms with Gasteiger partial charge in [-0.3, -0.25) is 4.79 Å². The number of rotatable bonds is 5. The van der Waals surface area contributed by atoms with Gasteiger partial charge in [0.2, 0.25) is 5.91 Å². The number of nitrogen functional groups attached to an aromatic ring is 1. The van der Waals surface area contributed by atoms with E-state index in [-0.39, 0.29) is 5.91 Å². The predicted octanol–water partition coefficient (Wildman–Crippen LogP) is 4.90. The Bertz CT molecular complexity index is 1230. The number of hydrogen-bond acceptors (Lipinski definition) is 5. The summed E-state index contributed by atoms with van der Waals surface area (Å²) in [6, 6.07) is 20.3. The Morgan fingerprint density at radius 1 is 1.10 bits per heavy atom. The van der Waals surface area contributed by atoms with Gasteiger partial charge in [0.05, 0.1) is 5.52 Å². The largest absolute Gasteiger partial charge is 0.426 e. The predicted molar refractivity (Wildman–Crippen MR) is 123 cm³/mol. The van der Waals surface area contributed by atoms with Crippen molar-refractivity contribution >= 4 is 46.2 Å². The van der Waals surface area contributed by atoms with Crippen LogP contribution in [-0.4, -0.2) is 27.1 Å². The van der Waals surface area contributed by atoms with Crippen molar-refractivity contribution in [1.29, 1.82) is 0 Å². The third-order valence-electron chi connectivity index (χ3n) is 4.61. The molecule has 150 valence electrons. The fraction of sp³-hybridized carbons (Fsp3) is 0.0435. The molecule has 0 saturated heterocycles. The first-order valence-electron chi connectivity index (χ1n) is 9.24. The average molecular weight is 417 g/mol. The van der Waals surface area contributed by atoms with Gasteiger partial charge in [0.15, 0.2) is 5.82 Å². The zero-order valence-corrected chi connectivity index (χ0v) is 17.1. The maximum absolute atomic E-state index is 12.2. The zero-order chi connectivity index (χ0) is 21.1. The molecule has 4 aromatic rings. The lowest BCUT2D eigenvalue weighted by molar-refractivity contribution is -0.111. The first-order chi connectivity index (χ1) is 14.5. The van der Waals surface area contributed by atoms with Crippen molar-refractivity contribution in [3.05, 3.63) is 78.4 Å². The second kappa shape index (κ2) is 8.34. The van der Waals surface area contributed by atoms with E-state index in [2.05, 4.69) is 10.3 Å². The van der Waals surface area contributed by atoms with E-state index in [0.717, 1.165) is 15.9 Å². The number of nitrogens with two attached hydrogens (primary N) is 1. The molecule has 0 bridgehead atoms. The normalized spacial score (nSPS) is 11.2. The summed E-state index contributed by atoms with van der Waals surface area (Å²) in [6.45, 7) is 0. The van der Waals surface area contributed by atoms with Crippen LogP contribution in [0.1, 0.15) is 5.56 Å². The smallest absolute Gasteiger partial charge is 0.248 e. The number of nitrogens with one attached hydrogen (secondary N) is 1. The topological polar surface area (TPSA) is 93.2 Å². The van der Waals surface area contributed by atoms with E-state index >= 15 is 0 Å². The van der Waals surface area contributed by atoms with Crippen molar-refractivity contribution in [3.63, 3.8) is 0 Å². The number of benzene rings is 3. The first kappa shape index (κ1) is 19.6. The second-order valence-corrected chi connectivity index (χ2v) is 7.55. The van der Waals surface area contributed by atoms with E-state index < -0.39 is 0 Å². The van der Waals surface area contributed by atoms with Gasteiger partial charge in [-0.25, -0.2) is 4.98 Å². The molecular formula is C23H20N4O2S. The summed E-state index contributed by atoms with van der Waals surface area (Å²) in [6.07, 6.45) is 5.29. The molecule has 0 aliphatic heterocycles. The Balaban J connectivity index is 1.46. The van der Waals surface area contributed by atoms with Crippen LogP contribution in [-0.2, 0) is 4.79 Å². The van der Waals surface area contributed by atoms with Crippen molar-refractivity contribution in [2.24, 2.45) is 0 Å². The van der Waals surface area contributed by atoms with Crippen LogP contribution in [0, 0.1) is 0 Å². The molecular weight excluding hydrogens is 396 g/mol. The minimum Gasteiger partial charge on any atom is -0.426 e. The van der Waals surface area contributed by atoms with Gasteiger partial charge >= 0.3 is 0 Å². The van der Waals surface area contributed by atoms with E-state index in [0.29, 0.717) is 28.2 Å². The second-order valence-electron chi connectivity index (χ2n) is 6.67. The number of fused-ring (bicyclic) bond motifs is 1. The summed E-state index contributed by atoms with van der Waals surface area (Å²) in [4.78, 5) is 17.8. The number of thioether (sulfide) groups is 1. The van der Waals surface area contributed by atoms with Gasteiger partial charge in [-0.2, -0.15) is 4.73 Å². The maximum atomic E-state index is 12.2. The van der Waals surface area contributed by atoms with Gasteiger partial charge in [0.1, 0.15) is 5.52 Å². The number of nitrogens with zero attached hydrogens (tertiary/aromatic N) is 2. The van der Waals surface area contributed by atoms with E-state index in [4.69, 9.17) is 5.73 Å². The minimum atomic E-state index is -0.221. The van der Waals surface area contributed by atoms with Gasteiger partial charge in [0.25, 0.3) is 0 Å². The minimum absolute atomic E-state index is 0.221. The van der Waals surface area contributed by atoms with Crippen LogP contribution in [0.2, 0.25) is 0 Å². The summed E-state index contributed by atoms with van der Waals surface area (Å²) in [5, 5.41) is 13.2. The number of carbonyl (C=O) groups excluding carboxylic acids is 1. The summed E-state index contributed by atoms with van der Waals surface area (Å²) >= 11 is 1.68. The molecule has 0 saturated carbocycles. The molecule has 3 aromatic carbocycles. The van der Waals surface area contributed by atoms with Crippen LogP contribution in [0.25, 0.3) is 28.5 Å². The van der Waals surface area contributed by atoms with E-state index in [1.165, 1.54) is 11.0 Å². The van der Waals surface area contributed by atoms with Gasteiger partial charge in [-0.15, -0.1) is 11.8 Å². The molecule has 0 aliphatic rings. The number of anilines is 2. The number of imidazole rings is 1. The molecule has 1 aromatic heterocycles. The fourth-order valence-corrected chi connectivity index (χ4v) is 3.45. The Hall–Kier alpha value is -3.71. The highest BCUT2D eigenvalue weighted by Gasteiger charge is 2.12. The van der Waals surface area contributed by atoms with Crippen LogP contribution < -0.4 is 11.1 Å². The standard InChI is InChI=1S/C23H20N4O2S/c1-30-19-10-2-15(3-11-19)4-13-22(28)25-18-8-5-16(6-9-18)23-26-20-12-7-17(24)14-21(20)27(23)29/h2-14,29H,24H2,1H3,(H,25,28)/b13-4+. The molecule has 0 spiro atoms. The van der Waals surface area contributed by atoms with Crippen LogP contribution in [0.5, 0.6) is 0 Å². The van der Waals surface area contributed by atoms with Crippen molar-refractivity contribution in [3.8, 4) is 11.4 Å². The third kappa shape index (κ3) is 4.16. The maximum Gasteiger partial charge on any atom is 0.248 e. The van der Waals surface area contributed by atoms with Crippen molar-refractivity contribution in [2.45, 2.75) is 4.90 Å². The average Bonchev–Trinajstić information content (AvgIpc) is 3.09. The van der Waals surface area contributed by atoms with Crippen LogP contribution >= 0.6 is 11.8 Å². The molecule has 4 rings (SSSR count). The van der Waals surface area contributed by atoms with Crippen LogP contribution in [0.4, 0.5) is 11.4 Å². The van der Waals surface area contributed by atoms with Crippen molar-refractivity contribution < 1.29 is 10.0 Å². The summed E-state index contributed by atoms with van der Waals surface area (Å²) in [5.74, 6) is 0.184. The molecule has 6 nitrogen and oxygen atoms in total. The van der Waals surface area contributed by atoms with Gasteiger partial charge < -0.3 is 16.3 Å². The Morgan fingerprint density at radius 3 is 2.53 bits per heavy atom. The molecule has 4 N–H and O–H groups in total. The van der Waals surface area contributed by atoms with Crippen LogP contribution in [0.3, 0.4) is 0 Å². The molecule has 0 fully saturated rings. The quantitative estimate of drug-likeness (QED) is 0.186. The number of carbonyl (C=O) groups is 1. The van der Waals surface area contributed by atoms with E-state index in [1.807, 2.05) is 30.5 Å². The summed E-state index contributed by atoms with van der Waals surface area (Å²) < 4.78 is 1.02.